The summed E-state index contributed by atoms with van der Waals surface area (Å²) in [5.74, 6) is 1.93. The Balaban J connectivity index is 1.46. The summed E-state index contributed by atoms with van der Waals surface area (Å²) < 4.78 is 12.8. The molecule has 1 atom stereocenters. The number of aromatic nitrogens is 2. The fourth-order valence-corrected chi connectivity index (χ4v) is 5.00. The molecule has 196 valence electrons. The SMILES string of the molecule is CCOc1ccccc1-n1c(C(C)N2CCN(C(=O)c3cccc(OC)c3)CC2)nc2ccccc2c1=O. The normalized spacial score (nSPS) is 14.9. The summed E-state index contributed by atoms with van der Waals surface area (Å²) in [4.78, 5) is 36.1. The highest BCUT2D eigenvalue weighted by molar-refractivity contribution is 5.94. The molecule has 1 unspecified atom stereocenters. The highest BCUT2D eigenvalue weighted by Gasteiger charge is 2.29. The van der Waals surface area contributed by atoms with Crippen LogP contribution < -0.4 is 15.0 Å². The van der Waals surface area contributed by atoms with Crippen LogP contribution in [0.3, 0.4) is 0 Å². The molecule has 1 aliphatic heterocycles. The Morgan fingerprint density at radius 3 is 2.47 bits per heavy atom. The van der Waals surface area contributed by atoms with E-state index in [0.29, 0.717) is 72.3 Å². The number of amides is 1. The lowest BCUT2D eigenvalue weighted by atomic mass is 10.1. The van der Waals surface area contributed by atoms with Crippen LogP contribution >= 0.6 is 0 Å². The van der Waals surface area contributed by atoms with Gasteiger partial charge in [-0.05, 0) is 56.3 Å². The average Bonchev–Trinajstić information content (AvgIpc) is 2.97. The maximum atomic E-state index is 13.8. The monoisotopic (exact) mass is 512 g/mol. The van der Waals surface area contributed by atoms with Crippen LogP contribution in [0.5, 0.6) is 11.5 Å². The second-order valence-electron chi connectivity index (χ2n) is 9.26. The number of methoxy groups -OCH3 is 1. The summed E-state index contributed by atoms with van der Waals surface area (Å²) in [6.45, 7) is 6.95. The van der Waals surface area contributed by atoms with Gasteiger partial charge in [0.25, 0.3) is 11.5 Å². The second-order valence-corrected chi connectivity index (χ2v) is 9.26. The van der Waals surface area contributed by atoms with E-state index in [2.05, 4.69) is 11.8 Å². The Labute approximate surface area is 222 Å². The number of benzene rings is 3. The minimum Gasteiger partial charge on any atom is -0.497 e. The standard InChI is InChI=1S/C30H32N4O4/c1-4-38-27-15-8-7-14-26(27)34-28(31-25-13-6-5-12-24(25)30(34)36)21(2)32-16-18-33(19-17-32)29(35)22-10-9-11-23(20-22)37-3/h5-15,20-21H,4,16-19H2,1-3H3. The van der Waals surface area contributed by atoms with Gasteiger partial charge >= 0.3 is 0 Å². The van der Waals surface area contributed by atoms with Crippen molar-refractivity contribution in [3.05, 3.63) is 94.5 Å². The van der Waals surface area contributed by atoms with E-state index in [1.807, 2.05) is 78.6 Å². The Hall–Kier alpha value is -4.17. The summed E-state index contributed by atoms with van der Waals surface area (Å²) in [5, 5.41) is 0.559. The molecule has 8 heteroatoms. The molecule has 8 nitrogen and oxygen atoms in total. The summed E-state index contributed by atoms with van der Waals surface area (Å²) in [6, 6.07) is 22.1. The molecular formula is C30H32N4O4. The molecule has 38 heavy (non-hydrogen) atoms. The molecule has 0 aliphatic carbocycles. The minimum atomic E-state index is -0.170. The van der Waals surface area contributed by atoms with E-state index in [1.54, 1.807) is 17.7 Å². The maximum absolute atomic E-state index is 13.8. The largest absolute Gasteiger partial charge is 0.497 e. The van der Waals surface area contributed by atoms with Gasteiger partial charge in [-0.15, -0.1) is 0 Å². The topological polar surface area (TPSA) is 76.9 Å². The lowest BCUT2D eigenvalue weighted by molar-refractivity contribution is 0.0573. The Bertz CT molecular complexity index is 1510. The highest BCUT2D eigenvalue weighted by Crippen LogP contribution is 2.28. The van der Waals surface area contributed by atoms with E-state index in [4.69, 9.17) is 14.5 Å². The molecule has 3 aromatic carbocycles. The molecule has 5 rings (SSSR count). The third kappa shape index (κ3) is 4.87. The van der Waals surface area contributed by atoms with Crippen molar-refractivity contribution in [2.75, 3.05) is 39.9 Å². The third-order valence-electron chi connectivity index (χ3n) is 7.05. The maximum Gasteiger partial charge on any atom is 0.266 e. The Kier molecular flexibility index (Phi) is 7.42. The zero-order chi connectivity index (χ0) is 26.6. The van der Waals surface area contributed by atoms with Crippen LogP contribution in [0.15, 0.2) is 77.6 Å². The van der Waals surface area contributed by atoms with Crippen molar-refractivity contribution >= 4 is 16.8 Å². The number of para-hydroxylation sites is 3. The van der Waals surface area contributed by atoms with E-state index < -0.39 is 0 Å². The molecule has 0 radical (unpaired) electrons. The van der Waals surface area contributed by atoms with E-state index >= 15 is 0 Å². The van der Waals surface area contributed by atoms with Gasteiger partial charge in [0.2, 0.25) is 0 Å². The molecule has 1 amide bonds. The average molecular weight is 513 g/mol. The summed E-state index contributed by atoms with van der Waals surface area (Å²) in [6.07, 6.45) is 0. The molecule has 0 bridgehead atoms. The van der Waals surface area contributed by atoms with Gasteiger partial charge in [-0.3, -0.25) is 19.1 Å². The van der Waals surface area contributed by atoms with Gasteiger partial charge in [-0.2, -0.15) is 0 Å². The number of hydrogen-bond donors (Lipinski definition) is 0. The van der Waals surface area contributed by atoms with Crippen molar-refractivity contribution < 1.29 is 14.3 Å². The molecule has 1 fully saturated rings. The molecule has 4 aromatic rings. The van der Waals surface area contributed by atoms with Gasteiger partial charge in [-0.1, -0.05) is 30.3 Å². The van der Waals surface area contributed by atoms with Crippen LogP contribution in [0.25, 0.3) is 16.6 Å². The van der Waals surface area contributed by atoms with Crippen molar-refractivity contribution in [3.63, 3.8) is 0 Å². The fraction of sp³-hybridized carbons (Fsp3) is 0.300. The summed E-state index contributed by atoms with van der Waals surface area (Å²) >= 11 is 0. The van der Waals surface area contributed by atoms with Gasteiger partial charge in [-0.25, -0.2) is 4.98 Å². The van der Waals surface area contributed by atoms with Gasteiger partial charge < -0.3 is 14.4 Å². The fourth-order valence-electron chi connectivity index (χ4n) is 5.00. The lowest BCUT2D eigenvalue weighted by Gasteiger charge is -2.38. The summed E-state index contributed by atoms with van der Waals surface area (Å²) in [7, 11) is 1.59. The van der Waals surface area contributed by atoms with Crippen LogP contribution in [0.1, 0.15) is 36.1 Å². The van der Waals surface area contributed by atoms with Gasteiger partial charge in [0.15, 0.2) is 0 Å². The number of rotatable bonds is 7. The van der Waals surface area contributed by atoms with Crippen molar-refractivity contribution in [1.82, 2.24) is 19.4 Å². The van der Waals surface area contributed by atoms with Crippen molar-refractivity contribution in [2.24, 2.45) is 0 Å². The molecule has 1 saturated heterocycles. The third-order valence-corrected chi connectivity index (χ3v) is 7.05. The number of piperazine rings is 1. The van der Waals surface area contributed by atoms with Crippen LogP contribution in [0.2, 0.25) is 0 Å². The highest BCUT2D eigenvalue weighted by atomic mass is 16.5. The first-order chi connectivity index (χ1) is 18.5. The second kappa shape index (κ2) is 11.1. The van der Waals surface area contributed by atoms with E-state index in [9.17, 15) is 9.59 Å². The predicted molar refractivity (Wildman–Crippen MR) is 147 cm³/mol. The predicted octanol–water partition coefficient (Wildman–Crippen LogP) is 4.31. The van der Waals surface area contributed by atoms with Crippen LogP contribution in [-0.2, 0) is 0 Å². The number of nitrogens with zero attached hydrogens (tertiary/aromatic N) is 4. The summed E-state index contributed by atoms with van der Waals surface area (Å²) in [5.41, 5.74) is 1.82. The minimum absolute atomic E-state index is 0.0115. The van der Waals surface area contributed by atoms with Gasteiger partial charge in [0.1, 0.15) is 17.3 Å². The van der Waals surface area contributed by atoms with E-state index in [-0.39, 0.29) is 17.5 Å². The Morgan fingerprint density at radius 1 is 0.974 bits per heavy atom. The zero-order valence-electron chi connectivity index (χ0n) is 22.0. The van der Waals surface area contributed by atoms with Gasteiger partial charge in [0.05, 0.1) is 36.3 Å². The number of fused-ring (bicyclic) bond motifs is 1. The van der Waals surface area contributed by atoms with Gasteiger partial charge in [0, 0.05) is 31.7 Å². The quantitative estimate of drug-likeness (QED) is 0.367. The molecule has 0 spiro atoms. The molecule has 1 aliphatic rings. The van der Waals surface area contributed by atoms with Crippen molar-refractivity contribution in [2.45, 2.75) is 19.9 Å². The van der Waals surface area contributed by atoms with Crippen LogP contribution in [0, 0.1) is 0 Å². The van der Waals surface area contributed by atoms with Crippen molar-refractivity contribution in [1.29, 1.82) is 0 Å². The molecule has 1 aromatic heterocycles. The lowest BCUT2D eigenvalue weighted by Crippen LogP contribution is -2.50. The van der Waals surface area contributed by atoms with E-state index in [0.717, 1.165) is 0 Å². The Morgan fingerprint density at radius 2 is 1.71 bits per heavy atom. The molecule has 0 saturated carbocycles. The number of ether oxygens (including phenoxy) is 2. The first-order valence-electron chi connectivity index (χ1n) is 12.9. The number of carbonyl (C=O) groups is 1. The van der Waals surface area contributed by atoms with E-state index in [1.165, 1.54) is 0 Å². The molecule has 0 N–H and O–H groups in total. The number of hydrogen-bond acceptors (Lipinski definition) is 6. The zero-order valence-corrected chi connectivity index (χ0v) is 22.0. The van der Waals surface area contributed by atoms with Crippen LogP contribution in [0.4, 0.5) is 0 Å². The first-order valence-corrected chi connectivity index (χ1v) is 12.9. The van der Waals surface area contributed by atoms with Crippen molar-refractivity contribution in [3.8, 4) is 17.2 Å². The van der Waals surface area contributed by atoms with Crippen LogP contribution in [-0.4, -0.2) is 65.2 Å². The molecular weight excluding hydrogens is 480 g/mol. The molecule has 2 heterocycles. The smallest absolute Gasteiger partial charge is 0.266 e. The first kappa shape index (κ1) is 25.5. The number of carbonyl (C=O) groups excluding carboxylic acids is 1.